The Morgan fingerprint density at radius 3 is 2.73 bits per heavy atom. The molecule has 1 N–H and O–H groups in total. The van der Waals surface area contributed by atoms with Crippen LogP contribution in [0.5, 0.6) is 0 Å². The summed E-state index contributed by atoms with van der Waals surface area (Å²) in [6, 6.07) is 0. The van der Waals surface area contributed by atoms with Crippen molar-refractivity contribution in [3.8, 4) is 0 Å². The quantitative estimate of drug-likeness (QED) is 0.589. The summed E-state index contributed by atoms with van der Waals surface area (Å²) >= 11 is 0. The normalized spacial score (nSPS) is 21.3. The zero-order valence-corrected chi connectivity index (χ0v) is 15.7. The SMILES string of the molecule is CCNC(=NCc1nncn1CC)N1CCN(C(=O)C2CCCO2)CC1. The summed E-state index contributed by atoms with van der Waals surface area (Å²) in [4.78, 5) is 21.3. The molecule has 2 fully saturated rings. The molecule has 2 saturated heterocycles. The number of aromatic nitrogens is 3. The van der Waals surface area contributed by atoms with Crippen molar-refractivity contribution in [1.82, 2.24) is 29.9 Å². The zero-order chi connectivity index (χ0) is 18.4. The number of carbonyl (C=O) groups is 1. The number of nitrogens with one attached hydrogen (secondary N) is 1. The van der Waals surface area contributed by atoms with E-state index in [0.29, 0.717) is 26.2 Å². The highest BCUT2D eigenvalue weighted by Crippen LogP contribution is 2.16. The number of aryl methyl sites for hydroxylation is 1. The molecule has 3 rings (SSSR count). The molecule has 1 aromatic heterocycles. The fourth-order valence-electron chi connectivity index (χ4n) is 3.35. The predicted octanol–water partition coefficient (Wildman–Crippen LogP) is 0.0867. The van der Waals surface area contributed by atoms with Crippen molar-refractivity contribution in [2.24, 2.45) is 4.99 Å². The molecular formula is C17H29N7O2. The Hall–Kier alpha value is -2.16. The van der Waals surface area contributed by atoms with Crippen LogP contribution in [0.2, 0.25) is 0 Å². The average Bonchev–Trinajstić information content (AvgIpc) is 3.36. The van der Waals surface area contributed by atoms with Gasteiger partial charge in [0, 0.05) is 45.9 Å². The Morgan fingerprint density at radius 2 is 2.08 bits per heavy atom. The van der Waals surface area contributed by atoms with Gasteiger partial charge in [-0.3, -0.25) is 4.79 Å². The topological polar surface area (TPSA) is 87.9 Å². The molecule has 26 heavy (non-hydrogen) atoms. The van der Waals surface area contributed by atoms with Gasteiger partial charge in [-0.25, -0.2) is 4.99 Å². The molecule has 0 bridgehead atoms. The first kappa shape index (κ1) is 18.6. The Kier molecular flexibility index (Phi) is 6.43. The third-order valence-corrected chi connectivity index (χ3v) is 4.84. The van der Waals surface area contributed by atoms with E-state index in [0.717, 1.165) is 50.8 Å². The largest absolute Gasteiger partial charge is 0.368 e. The molecule has 0 saturated carbocycles. The number of ether oxygens (including phenoxy) is 1. The van der Waals surface area contributed by atoms with Crippen LogP contribution in [-0.2, 0) is 22.6 Å². The van der Waals surface area contributed by atoms with Gasteiger partial charge in [-0.1, -0.05) is 0 Å². The zero-order valence-electron chi connectivity index (χ0n) is 15.7. The summed E-state index contributed by atoms with van der Waals surface area (Å²) in [6.07, 6.45) is 3.33. The first-order valence-corrected chi connectivity index (χ1v) is 9.53. The number of piperazine rings is 1. The molecule has 1 atom stereocenters. The van der Waals surface area contributed by atoms with Gasteiger partial charge in [-0.2, -0.15) is 0 Å². The van der Waals surface area contributed by atoms with Gasteiger partial charge in [0.1, 0.15) is 19.0 Å². The summed E-state index contributed by atoms with van der Waals surface area (Å²) < 4.78 is 7.52. The molecule has 3 heterocycles. The highest BCUT2D eigenvalue weighted by molar-refractivity contribution is 5.82. The molecule has 9 heteroatoms. The van der Waals surface area contributed by atoms with Gasteiger partial charge in [0.05, 0.1) is 0 Å². The van der Waals surface area contributed by atoms with Gasteiger partial charge < -0.3 is 24.4 Å². The highest BCUT2D eigenvalue weighted by atomic mass is 16.5. The van der Waals surface area contributed by atoms with Crippen LogP contribution in [0.15, 0.2) is 11.3 Å². The summed E-state index contributed by atoms with van der Waals surface area (Å²) in [5.41, 5.74) is 0. The van der Waals surface area contributed by atoms with Crippen molar-refractivity contribution in [3.63, 3.8) is 0 Å². The number of guanidine groups is 1. The maximum Gasteiger partial charge on any atom is 0.251 e. The summed E-state index contributed by atoms with van der Waals surface area (Å²) in [5.74, 6) is 1.86. The van der Waals surface area contributed by atoms with Crippen LogP contribution >= 0.6 is 0 Å². The number of carbonyl (C=O) groups excluding carboxylic acids is 1. The lowest BCUT2D eigenvalue weighted by Gasteiger charge is -2.37. The summed E-state index contributed by atoms with van der Waals surface area (Å²) in [5, 5.41) is 11.4. The first-order valence-electron chi connectivity index (χ1n) is 9.53. The Bertz CT molecular complexity index is 616. The number of hydrogen-bond donors (Lipinski definition) is 1. The van der Waals surface area contributed by atoms with E-state index in [9.17, 15) is 4.79 Å². The van der Waals surface area contributed by atoms with Crippen LogP contribution in [-0.4, -0.2) is 81.9 Å². The second-order valence-corrected chi connectivity index (χ2v) is 6.52. The van der Waals surface area contributed by atoms with E-state index in [2.05, 4.69) is 34.3 Å². The monoisotopic (exact) mass is 363 g/mol. The molecule has 9 nitrogen and oxygen atoms in total. The molecule has 0 aromatic carbocycles. The van der Waals surface area contributed by atoms with Crippen molar-refractivity contribution in [2.75, 3.05) is 39.3 Å². The molecule has 1 unspecified atom stereocenters. The van der Waals surface area contributed by atoms with E-state index >= 15 is 0 Å². The van der Waals surface area contributed by atoms with E-state index < -0.39 is 0 Å². The van der Waals surface area contributed by atoms with Crippen LogP contribution in [0.4, 0.5) is 0 Å². The maximum absolute atomic E-state index is 12.5. The highest BCUT2D eigenvalue weighted by Gasteiger charge is 2.30. The van der Waals surface area contributed by atoms with Crippen LogP contribution in [0.3, 0.4) is 0 Å². The second kappa shape index (κ2) is 8.98. The molecule has 1 aromatic rings. The Balaban J connectivity index is 1.57. The van der Waals surface area contributed by atoms with Crippen molar-refractivity contribution in [1.29, 1.82) is 0 Å². The van der Waals surface area contributed by atoms with E-state index in [-0.39, 0.29) is 12.0 Å². The third-order valence-electron chi connectivity index (χ3n) is 4.84. The van der Waals surface area contributed by atoms with Gasteiger partial charge in [0.2, 0.25) is 0 Å². The number of nitrogens with zero attached hydrogens (tertiary/aromatic N) is 6. The predicted molar refractivity (Wildman–Crippen MR) is 97.6 cm³/mol. The van der Waals surface area contributed by atoms with Gasteiger partial charge >= 0.3 is 0 Å². The standard InChI is InChI=1S/C17H29N7O2/c1-3-18-17(19-12-15-21-20-13-22(15)4-2)24-9-7-23(8-10-24)16(25)14-6-5-11-26-14/h13-14H,3-12H2,1-2H3,(H,18,19). The number of rotatable bonds is 5. The van der Waals surface area contributed by atoms with Crippen LogP contribution < -0.4 is 5.32 Å². The van der Waals surface area contributed by atoms with Crippen molar-refractivity contribution >= 4 is 11.9 Å². The molecular weight excluding hydrogens is 334 g/mol. The van der Waals surface area contributed by atoms with E-state index in [1.807, 2.05) is 9.47 Å². The van der Waals surface area contributed by atoms with Gasteiger partial charge in [-0.15, -0.1) is 10.2 Å². The minimum absolute atomic E-state index is 0.139. The van der Waals surface area contributed by atoms with Gasteiger partial charge in [-0.05, 0) is 26.7 Å². The minimum Gasteiger partial charge on any atom is -0.368 e. The molecule has 0 aliphatic carbocycles. The minimum atomic E-state index is -0.233. The molecule has 2 aliphatic heterocycles. The third kappa shape index (κ3) is 4.32. The van der Waals surface area contributed by atoms with E-state index in [4.69, 9.17) is 9.73 Å². The number of hydrogen-bond acceptors (Lipinski definition) is 5. The number of amides is 1. The van der Waals surface area contributed by atoms with Gasteiger partial charge in [0.15, 0.2) is 11.8 Å². The van der Waals surface area contributed by atoms with Crippen molar-refractivity contribution in [2.45, 2.75) is 45.9 Å². The van der Waals surface area contributed by atoms with E-state index in [1.165, 1.54) is 0 Å². The fourth-order valence-corrected chi connectivity index (χ4v) is 3.35. The van der Waals surface area contributed by atoms with Crippen LogP contribution in [0.25, 0.3) is 0 Å². The van der Waals surface area contributed by atoms with Crippen LogP contribution in [0, 0.1) is 0 Å². The van der Waals surface area contributed by atoms with Crippen molar-refractivity contribution < 1.29 is 9.53 Å². The summed E-state index contributed by atoms with van der Waals surface area (Å²) in [6.45, 7) is 9.89. The molecule has 0 spiro atoms. The van der Waals surface area contributed by atoms with Crippen molar-refractivity contribution in [3.05, 3.63) is 12.2 Å². The maximum atomic E-state index is 12.5. The Morgan fingerprint density at radius 1 is 1.31 bits per heavy atom. The lowest BCUT2D eigenvalue weighted by molar-refractivity contribution is -0.142. The molecule has 0 radical (unpaired) electrons. The van der Waals surface area contributed by atoms with Crippen LogP contribution in [0.1, 0.15) is 32.5 Å². The summed E-state index contributed by atoms with van der Waals surface area (Å²) in [7, 11) is 0. The lowest BCUT2D eigenvalue weighted by Crippen LogP contribution is -2.55. The smallest absolute Gasteiger partial charge is 0.251 e. The first-order chi connectivity index (χ1) is 12.7. The second-order valence-electron chi connectivity index (χ2n) is 6.52. The average molecular weight is 363 g/mol. The lowest BCUT2D eigenvalue weighted by atomic mass is 10.2. The number of aliphatic imine (C=N–C) groups is 1. The fraction of sp³-hybridized carbons (Fsp3) is 0.765. The molecule has 144 valence electrons. The molecule has 2 aliphatic rings. The van der Waals surface area contributed by atoms with E-state index in [1.54, 1.807) is 6.33 Å². The molecule has 1 amide bonds. The Labute approximate surface area is 154 Å². The van der Waals surface area contributed by atoms with Gasteiger partial charge in [0.25, 0.3) is 5.91 Å².